The third-order valence-corrected chi connectivity index (χ3v) is 8.95. The number of nitrogens with zero attached hydrogens (tertiary/aromatic N) is 4. The Morgan fingerprint density at radius 3 is 2.32 bits per heavy atom. The van der Waals surface area contributed by atoms with Crippen LogP contribution in [0.4, 0.5) is 10.5 Å². The molecule has 4 heterocycles. The SMILES string of the molecule is Cc1noc(C)c1S(=O)(=O)N[C@H](C)CNC(=O)N1CCC2(CC1)CCN(c1ccncc1)CC2. The van der Waals surface area contributed by atoms with Crippen LogP contribution < -0.4 is 14.9 Å². The Hall–Kier alpha value is -2.66. The second kappa shape index (κ2) is 9.91. The fourth-order valence-corrected chi connectivity index (χ4v) is 6.63. The lowest BCUT2D eigenvalue weighted by atomic mass is 9.71. The number of rotatable bonds is 6. The van der Waals surface area contributed by atoms with E-state index < -0.39 is 16.1 Å². The lowest BCUT2D eigenvalue weighted by molar-refractivity contribution is 0.0934. The highest BCUT2D eigenvalue weighted by molar-refractivity contribution is 7.89. The van der Waals surface area contributed by atoms with Crippen molar-refractivity contribution in [1.29, 1.82) is 0 Å². The second-order valence-corrected chi connectivity index (χ2v) is 11.2. The monoisotopic (exact) mass is 490 g/mol. The molecule has 0 aromatic carbocycles. The summed E-state index contributed by atoms with van der Waals surface area (Å²) >= 11 is 0. The Bertz CT molecular complexity index is 1070. The number of amides is 2. The van der Waals surface area contributed by atoms with Crippen LogP contribution in [0, 0.1) is 19.3 Å². The molecular formula is C23H34N6O4S. The minimum Gasteiger partial charge on any atom is -0.371 e. The molecule has 1 atom stereocenters. The number of hydrogen-bond donors (Lipinski definition) is 2. The average Bonchev–Trinajstić information content (AvgIpc) is 3.17. The van der Waals surface area contributed by atoms with Gasteiger partial charge in [0.2, 0.25) is 10.0 Å². The second-order valence-electron chi connectivity index (χ2n) is 9.54. The molecule has 0 saturated carbocycles. The maximum Gasteiger partial charge on any atom is 0.317 e. The van der Waals surface area contributed by atoms with Crippen LogP contribution in [0.25, 0.3) is 0 Å². The Balaban J connectivity index is 1.22. The summed E-state index contributed by atoms with van der Waals surface area (Å²) in [5.41, 5.74) is 1.84. The van der Waals surface area contributed by atoms with Gasteiger partial charge in [0, 0.05) is 56.8 Å². The van der Waals surface area contributed by atoms with Crippen LogP contribution in [0.2, 0.25) is 0 Å². The van der Waals surface area contributed by atoms with Crippen LogP contribution >= 0.6 is 0 Å². The minimum atomic E-state index is -3.77. The molecule has 2 saturated heterocycles. The van der Waals surface area contributed by atoms with Crippen molar-refractivity contribution in [1.82, 2.24) is 25.1 Å². The van der Waals surface area contributed by atoms with Crippen molar-refractivity contribution in [3.05, 3.63) is 36.0 Å². The standard InChI is InChI=1S/C23H34N6O4S/c1-17(27-34(31,32)21-18(2)26-33-19(21)3)16-25-22(30)29-14-8-23(9-15-29)6-12-28(13-7-23)20-4-10-24-11-5-20/h4-5,10-11,17,27H,6-9,12-16H2,1-3H3,(H,25,30)/t17-/m1/s1. The van der Waals surface area contributed by atoms with Crippen LogP contribution in [-0.2, 0) is 10.0 Å². The van der Waals surface area contributed by atoms with Gasteiger partial charge in [-0.3, -0.25) is 4.98 Å². The third-order valence-electron chi connectivity index (χ3n) is 7.12. The molecule has 2 fully saturated rings. The maximum absolute atomic E-state index is 12.7. The summed E-state index contributed by atoms with van der Waals surface area (Å²) in [4.78, 5) is 21.1. The number of urea groups is 1. The number of likely N-dealkylation sites (tertiary alicyclic amines) is 1. The molecule has 34 heavy (non-hydrogen) atoms. The summed E-state index contributed by atoms with van der Waals surface area (Å²) in [6, 6.07) is 3.49. The van der Waals surface area contributed by atoms with Crippen molar-refractivity contribution >= 4 is 21.7 Å². The van der Waals surface area contributed by atoms with Crippen molar-refractivity contribution in [3.8, 4) is 0 Å². The number of carbonyl (C=O) groups excluding carboxylic acids is 1. The van der Waals surface area contributed by atoms with Crippen LogP contribution in [-0.4, -0.2) is 68.3 Å². The first-order chi connectivity index (χ1) is 16.2. The summed E-state index contributed by atoms with van der Waals surface area (Å²) in [5, 5.41) is 6.58. The quantitative estimate of drug-likeness (QED) is 0.638. The molecule has 2 aromatic heterocycles. The fourth-order valence-electron chi connectivity index (χ4n) is 5.05. The first-order valence-electron chi connectivity index (χ1n) is 11.8. The van der Waals surface area contributed by atoms with Gasteiger partial charge in [0.05, 0.1) is 0 Å². The number of piperidine rings is 2. The summed E-state index contributed by atoms with van der Waals surface area (Å²) < 4.78 is 32.8. The highest BCUT2D eigenvalue weighted by Crippen LogP contribution is 2.42. The van der Waals surface area contributed by atoms with E-state index in [9.17, 15) is 13.2 Å². The zero-order chi connectivity index (χ0) is 24.3. The number of sulfonamides is 1. The lowest BCUT2D eigenvalue weighted by Crippen LogP contribution is -2.52. The molecule has 2 aliphatic heterocycles. The van der Waals surface area contributed by atoms with Crippen molar-refractivity contribution in [3.63, 3.8) is 0 Å². The molecule has 0 unspecified atom stereocenters. The summed E-state index contributed by atoms with van der Waals surface area (Å²) in [5.74, 6) is 0.245. The predicted molar refractivity (Wildman–Crippen MR) is 128 cm³/mol. The van der Waals surface area contributed by atoms with Gasteiger partial charge in [-0.05, 0) is 64.0 Å². The molecule has 11 heteroatoms. The van der Waals surface area contributed by atoms with E-state index in [4.69, 9.17) is 4.52 Å². The summed E-state index contributed by atoms with van der Waals surface area (Å²) in [6.07, 6.45) is 7.92. The van der Waals surface area contributed by atoms with Crippen molar-refractivity contribution in [2.24, 2.45) is 5.41 Å². The number of pyridine rings is 1. The van der Waals surface area contributed by atoms with Crippen molar-refractivity contribution in [2.45, 2.75) is 57.4 Å². The van der Waals surface area contributed by atoms with E-state index in [0.29, 0.717) is 11.1 Å². The van der Waals surface area contributed by atoms with Gasteiger partial charge in [-0.25, -0.2) is 17.9 Å². The van der Waals surface area contributed by atoms with E-state index >= 15 is 0 Å². The number of aryl methyl sites for hydroxylation is 2. The molecule has 2 aliphatic rings. The molecule has 186 valence electrons. The number of anilines is 1. The first kappa shape index (κ1) is 24.5. The van der Waals surface area contributed by atoms with Crippen LogP contribution in [0.1, 0.15) is 44.1 Å². The topological polar surface area (TPSA) is 121 Å². The van der Waals surface area contributed by atoms with E-state index in [-0.39, 0.29) is 23.2 Å². The molecule has 0 radical (unpaired) electrons. The average molecular weight is 491 g/mol. The third kappa shape index (κ3) is 5.35. The number of carbonyl (C=O) groups is 1. The van der Waals surface area contributed by atoms with Gasteiger partial charge in [-0.15, -0.1) is 0 Å². The molecule has 4 rings (SSSR count). The fraction of sp³-hybridized carbons (Fsp3) is 0.609. The van der Waals surface area contributed by atoms with Gasteiger partial charge < -0.3 is 19.6 Å². The van der Waals surface area contributed by atoms with E-state index in [1.54, 1.807) is 20.8 Å². The molecule has 1 spiro atoms. The Labute approximate surface area is 201 Å². The molecule has 10 nitrogen and oxygen atoms in total. The van der Waals surface area contributed by atoms with Gasteiger partial charge in [0.25, 0.3) is 0 Å². The van der Waals surface area contributed by atoms with Gasteiger partial charge in [-0.2, -0.15) is 0 Å². The van der Waals surface area contributed by atoms with Crippen LogP contribution in [0.15, 0.2) is 33.9 Å². The zero-order valence-electron chi connectivity index (χ0n) is 20.1. The molecule has 0 aliphatic carbocycles. The zero-order valence-corrected chi connectivity index (χ0v) is 20.9. The highest BCUT2D eigenvalue weighted by atomic mass is 32.2. The van der Waals surface area contributed by atoms with Crippen LogP contribution in [0.5, 0.6) is 0 Å². The van der Waals surface area contributed by atoms with Gasteiger partial charge >= 0.3 is 6.03 Å². The summed E-state index contributed by atoms with van der Waals surface area (Å²) in [7, 11) is -3.77. The highest BCUT2D eigenvalue weighted by Gasteiger charge is 2.38. The van der Waals surface area contributed by atoms with E-state index in [1.807, 2.05) is 17.3 Å². The van der Waals surface area contributed by atoms with E-state index in [0.717, 1.165) is 51.9 Å². The smallest absolute Gasteiger partial charge is 0.317 e. The Kier molecular flexibility index (Phi) is 7.13. The van der Waals surface area contributed by atoms with E-state index in [2.05, 4.69) is 37.2 Å². The number of aromatic nitrogens is 2. The Morgan fingerprint density at radius 2 is 1.74 bits per heavy atom. The lowest BCUT2D eigenvalue weighted by Gasteiger charge is -2.47. The number of nitrogens with one attached hydrogen (secondary N) is 2. The largest absolute Gasteiger partial charge is 0.371 e. The van der Waals surface area contributed by atoms with E-state index in [1.165, 1.54) is 5.69 Å². The number of hydrogen-bond acceptors (Lipinski definition) is 7. The normalized spacial score (nSPS) is 19.3. The first-order valence-corrected chi connectivity index (χ1v) is 13.3. The van der Waals surface area contributed by atoms with Crippen LogP contribution in [0.3, 0.4) is 0 Å². The molecule has 2 aromatic rings. The maximum atomic E-state index is 12.7. The minimum absolute atomic E-state index is 0.0574. The Morgan fingerprint density at radius 1 is 1.12 bits per heavy atom. The molecule has 2 N–H and O–H groups in total. The molecule has 0 bridgehead atoms. The van der Waals surface area contributed by atoms with Gasteiger partial charge in [0.1, 0.15) is 10.6 Å². The molecule has 2 amide bonds. The van der Waals surface area contributed by atoms with Crippen molar-refractivity contribution < 1.29 is 17.7 Å². The van der Waals surface area contributed by atoms with Gasteiger partial charge in [-0.1, -0.05) is 5.16 Å². The van der Waals surface area contributed by atoms with Gasteiger partial charge in [0.15, 0.2) is 5.76 Å². The summed E-state index contributed by atoms with van der Waals surface area (Å²) in [6.45, 7) is 8.57. The molecular weight excluding hydrogens is 456 g/mol. The van der Waals surface area contributed by atoms with Crippen molar-refractivity contribution in [2.75, 3.05) is 37.6 Å². The predicted octanol–water partition coefficient (Wildman–Crippen LogP) is 2.45.